The molecule has 0 saturated carbocycles. The van der Waals surface area contributed by atoms with Crippen LogP contribution >= 0.6 is 0 Å². The van der Waals surface area contributed by atoms with E-state index in [9.17, 15) is 0 Å². The molecule has 0 aromatic heterocycles. The molecule has 0 bridgehead atoms. The number of ether oxygens (including phenoxy) is 8. The van der Waals surface area contributed by atoms with Crippen LogP contribution in [-0.2, 0) is 0 Å². The monoisotopic (exact) mass is 1130 g/mol. The van der Waals surface area contributed by atoms with Crippen molar-refractivity contribution < 1.29 is 37.9 Å². The largest absolute Gasteiger partial charge is 0.497 e. The van der Waals surface area contributed by atoms with Crippen LogP contribution < -0.4 is 37.9 Å². The van der Waals surface area contributed by atoms with Crippen LogP contribution in [0.1, 0.15) is 208 Å². The van der Waals surface area contributed by atoms with Crippen molar-refractivity contribution in [1.29, 1.82) is 0 Å². The Morgan fingerprint density at radius 3 is 0.904 bits per heavy atom. The zero-order valence-corrected chi connectivity index (χ0v) is 53.3. The summed E-state index contributed by atoms with van der Waals surface area (Å²) >= 11 is 0. The molecule has 0 aliphatic heterocycles. The van der Waals surface area contributed by atoms with Crippen LogP contribution in [0.4, 0.5) is 0 Å². The standard InChI is InChI=1S/C75H104O8/c1-14-22-26-56(18-5)51-80-69-43-42-68(76-10)44-61(69)36-37-62-49-74(82-53-58(20-7)28-24-16-3)66(46-71(62)78-12)41-39-64-50-75(83-54-59(21-8)29-25-17-4)67(47-72(64)79-13)40-38-63-48-73(81-52-57(19-6)27-23-15-2)65(45-70(63)77-11)35-34-60-32-30-55(9)31-33-60/h30-50,56-59H,14-29,51-54H2,1-13H3/b35-34+,37-36+,40-38+,41-39+. The number of rotatable bonds is 40. The lowest BCUT2D eigenvalue weighted by Gasteiger charge is -2.19. The van der Waals surface area contributed by atoms with Crippen molar-refractivity contribution in [2.75, 3.05) is 54.9 Å². The van der Waals surface area contributed by atoms with E-state index in [-0.39, 0.29) is 0 Å². The van der Waals surface area contributed by atoms with Crippen molar-refractivity contribution in [2.24, 2.45) is 23.7 Å². The van der Waals surface area contributed by atoms with Crippen LogP contribution in [0.5, 0.6) is 46.0 Å². The average Bonchev–Trinajstić information content (AvgIpc) is 3.55. The number of aryl methyl sites for hydroxylation is 1. The molecule has 4 atom stereocenters. The predicted octanol–water partition coefficient (Wildman–Crippen LogP) is 21.1. The van der Waals surface area contributed by atoms with E-state index in [4.69, 9.17) is 37.9 Å². The molecular formula is C75H104O8. The second-order valence-corrected chi connectivity index (χ2v) is 22.5. The fourth-order valence-electron chi connectivity index (χ4n) is 10.2. The van der Waals surface area contributed by atoms with Crippen molar-refractivity contribution in [1.82, 2.24) is 0 Å². The summed E-state index contributed by atoms with van der Waals surface area (Å²) in [5.41, 5.74) is 8.72. The summed E-state index contributed by atoms with van der Waals surface area (Å²) in [5.74, 6) is 7.97. The van der Waals surface area contributed by atoms with Crippen LogP contribution in [0.25, 0.3) is 48.6 Å². The van der Waals surface area contributed by atoms with E-state index in [1.54, 1.807) is 28.4 Å². The molecule has 0 N–H and O–H groups in total. The summed E-state index contributed by atoms with van der Waals surface area (Å²) < 4.78 is 51.3. The van der Waals surface area contributed by atoms with Crippen molar-refractivity contribution >= 4 is 48.6 Å². The first-order valence-electron chi connectivity index (χ1n) is 31.6. The van der Waals surface area contributed by atoms with Gasteiger partial charge in [-0.25, -0.2) is 0 Å². The third-order valence-corrected chi connectivity index (χ3v) is 16.2. The van der Waals surface area contributed by atoms with Crippen molar-refractivity contribution in [3.8, 4) is 46.0 Å². The Morgan fingerprint density at radius 1 is 0.313 bits per heavy atom. The van der Waals surface area contributed by atoms with Crippen LogP contribution in [0.2, 0.25) is 0 Å². The van der Waals surface area contributed by atoms with Gasteiger partial charge in [-0.3, -0.25) is 0 Å². The van der Waals surface area contributed by atoms with E-state index in [1.807, 2.05) is 18.2 Å². The van der Waals surface area contributed by atoms with E-state index >= 15 is 0 Å². The second-order valence-electron chi connectivity index (χ2n) is 22.5. The van der Waals surface area contributed by atoms with Crippen LogP contribution in [-0.4, -0.2) is 54.9 Å². The van der Waals surface area contributed by atoms with E-state index < -0.39 is 0 Å². The first-order valence-corrected chi connectivity index (χ1v) is 31.6. The maximum atomic E-state index is 6.90. The minimum atomic E-state index is 0.425. The SMILES string of the molecule is CCCCC(CC)COc1ccc(OC)cc1/C=C/c1cc(OCC(CC)CCCC)c(/C=C/c2cc(OCC(CC)CCCC)c(/C=C/c3cc(OCC(CC)CCCC)c(/C=C/c4ccc(C)cc4)cc3OC)cc2OC)cc1OC. The summed E-state index contributed by atoms with van der Waals surface area (Å²) in [6.45, 7) is 22.7. The topological polar surface area (TPSA) is 73.8 Å². The van der Waals surface area contributed by atoms with Gasteiger partial charge in [-0.15, -0.1) is 0 Å². The highest BCUT2D eigenvalue weighted by atomic mass is 16.5. The lowest BCUT2D eigenvalue weighted by atomic mass is 10.00. The Balaban J connectivity index is 1.60. The molecule has 0 saturated heterocycles. The first kappa shape index (κ1) is 67.3. The van der Waals surface area contributed by atoms with Crippen molar-refractivity contribution in [3.63, 3.8) is 0 Å². The van der Waals surface area contributed by atoms with E-state index in [0.29, 0.717) is 55.8 Å². The molecule has 5 aromatic carbocycles. The molecule has 452 valence electrons. The molecule has 83 heavy (non-hydrogen) atoms. The number of hydrogen-bond donors (Lipinski definition) is 0. The second kappa shape index (κ2) is 37.6. The normalized spacial score (nSPS) is 13.2. The molecule has 0 fully saturated rings. The Kier molecular flexibility index (Phi) is 30.5. The zero-order valence-electron chi connectivity index (χ0n) is 53.3. The molecule has 8 nitrogen and oxygen atoms in total. The van der Waals surface area contributed by atoms with Gasteiger partial charge in [0.1, 0.15) is 46.0 Å². The van der Waals surface area contributed by atoms with Crippen LogP contribution in [0, 0.1) is 30.6 Å². The summed E-state index contributed by atoms with van der Waals surface area (Å²) in [7, 11) is 6.88. The van der Waals surface area contributed by atoms with E-state index in [2.05, 4.69) is 172 Å². The Hall–Kier alpha value is -6.54. The van der Waals surface area contributed by atoms with Gasteiger partial charge >= 0.3 is 0 Å². The van der Waals surface area contributed by atoms with Crippen molar-refractivity contribution in [2.45, 2.75) is 165 Å². The maximum absolute atomic E-state index is 6.90. The minimum absolute atomic E-state index is 0.425. The van der Waals surface area contributed by atoms with Crippen LogP contribution in [0.15, 0.2) is 78.9 Å². The molecule has 0 heterocycles. The van der Waals surface area contributed by atoms with Crippen molar-refractivity contribution in [3.05, 3.63) is 129 Å². The fraction of sp³-hybridized carbons (Fsp3) is 0.493. The van der Waals surface area contributed by atoms with E-state index in [1.165, 1.54) is 44.1 Å². The van der Waals surface area contributed by atoms with Crippen LogP contribution in [0.3, 0.4) is 0 Å². The molecular weight excluding hydrogens is 1030 g/mol. The predicted molar refractivity (Wildman–Crippen MR) is 354 cm³/mol. The first-order chi connectivity index (χ1) is 40.5. The zero-order chi connectivity index (χ0) is 59.8. The van der Waals surface area contributed by atoms with Gasteiger partial charge in [-0.1, -0.05) is 211 Å². The van der Waals surface area contributed by atoms with Gasteiger partial charge < -0.3 is 37.9 Å². The number of methoxy groups -OCH3 is 4. The van der Waals surface area contributed by atoms with Gasteiger partial charge in [0.25, 0.3) is 0 Å². The molecule has 0 aliphatic carbocycles. The summed E-state index contributed by atoms with van der Waals surface area (Å²) in [5, 5.41) is 0. The molecule has 0 amide bonds. The Morgan fingerprint density at radius 2 is 0.602 bits per heavy atom. The third kappa shape index (κ3) is 21.9. The Bertz CT molecular complexity index is 2780. The maximum Gasteiger partial charge on any atom is 0.127 e. The van der Waals surface area contributed by atoms with Gasteiger partial charge in [0.15, 0.2) is 0 Å². The van der Waals surface area contributed by atoms with Gasteiger partial charge in [0.2, 0.25) is 0 Å². The van der Waals surface area contributed by atoms with Gasteiger partial charge in [0.05, 0.1) is 54.9 Å². The quantitative estimate of drug-likeness (QED) is 0.0359. The number of unbranched alkanes of at least 4 members (excludes halogenated alkanes) is 4. The minimum Gasteiger partial charge on any atom is -0.497 e. The van der Waals surface area contributed by atoms with Gasteiger partial charge in [-0.2, -0.15) is 0 Å². The lowest BCUT2D eigenvalue weighted by Crippen LogP contribution is -2.12. The third-order valence-electron chi connectivity index (χ3n) is 16.2. The summed E-state index contributed by atoms with van der Waals surface area (Å²) in [6.07, 6.45) is 35.0. The molecule has 5 rings (SSSR count). The molecule has 0 radical (unpaired) electrons. The number of benzene rings is 5. The highest BCUT2D eigenvalue weighted by Crippen LogP contribution is 2.39. The summed E-state index contributed by atoms with van der Waals surface area (Å²) in [4.78, 5) is 0. The lowest BCUT2D eigenvalue weighted by molar-refractivity contribution is 0.232. The highest BCUT2D eigenvalue weighted by Gasteiger charge is 2.18. The highest BCUT2D eigenvalue weighted by molar-refractivity contribution is 5.84. The van der Waals surface area contributed by atoms with E-state index in [0.717, 1.165) is 149 Å². The molecule has 4 unspecified atom stereocenters. The molecule has 5 aromatic rings. The fourth-order valence-corrected chi connectivity index (χ4v) is 10.2. The van der Waals surface area contributed by atoms with Gasteiger partial charge in [-0.05, 0) is 116 Å². The summed E-state index contributed by atoms with van der Waals surface area (Å²) in [6, 6.07) is 27.2. The average molecular weight is 1130 g/mol. The Labute approximate surface area is 502 Å². The van der Waals surface area contributed by atoms with Gasteiger partial charge in [0, 0.05) is 38.9 Å². The molecule has 8 heteroatoms. The molecule has 0 aliphatic rings. The number of hydrogen-bond acceptors (Lipinski definition) is 8. The smallest absolute Gasteiger partial charge is 0.127 e. The molecule has 0 spiro atoms.